The van der Waals surface area contributed by atoms with Crippen LogP contribution < -0.4 is 0 Å². The van der Waals surface area contributed by atoms with Crippen LogP contribution in [0.5, 0.6) is 0 Å². The van der Waals surface area contributed by atoms with Crippen LogP contribution in [0.2, 0.25) is 0 Å². The van der Waals surface area contributed by atoms with Crippen LogP contribution in [-0.2, 0) is 0 Å². The van der Waals surface area contributed by atoms with Crippen LogP contribution in [0.4, 0.5) is 0 Å². The first-order chi connectivity index (χ1) is 14.1. The van der Waals surface area contributed by atoms with E-state index in [1.54, 1.807) is 0 Å². The molecule has 2 unspecified atom stereocenters. The molecule has 3 aliphatic rings. The summed E-state index contributed by atoms with van der Waals surface area (Å²) in [5, 5.41) is 32.4. The van der Waals surface area contributed by atoms with Gasteiger partial charge in [0.1, 0.15) is 0 Å². The Morgan fingerprint density at radius 2 is 1.90 bits per heavy atom. The molecule has 3 nitrogen and oxygen atoms in total. The Kier molecular flexibility index (Phi) is 7.37. The lowest BCUT2D eigenvalue weighted by Crippen LogP contribution is -2.52. The Morgan fingerprint density at radius 1 is 1.17 bits per heavy atom. The zero-order valence-electron chi connectivity index (χ0n) is 19.7. The lowest BCUT2D eigenvalue weighted by Gasteiger charge is -2.48. The summed E-state index contributed by atoms with van der Waals surface area (Å²) < 4.78 is 0. The highest BCUT2D eigenvalue weighted by Gasteiger charge is 2.56. The number of hydrogen-bond donors (Lipinski definition) is 3. The molecule has 3 N–H and O–H groups in total. The molecular formula is C27H44O3. The van der Waals surface area contributed by atoms with E-state index in [1.807, 2.05) is 6.92 Å². The van der Waals surface area contributed by atoms with Crippen molar-refractivity contribution >= 4 is 0 Å². The van der Waals surface area contributed by atoms with Gasteiger partial charge >= 0.3 is 0 Å². The molecule has 3 rings (SSSR count). The molecule has 0 bridgehead atoms. The van der Waals surface area contributed by atoms with E-state index in [0.717, 1.165) is 56.9 Å². The van der Waals surface area contributed by atoms with Crippen molar-refractivity contribution in [3.8, 4) is 0 Å². The van der Waals surface area contributed by atoms with E-state index in [0.29, 0.717) is 24.7 Å². The van der Waals surface area contributed by atoms with Gasteiger partial charge in [-0.15, -0.1) is 0 Å². The molecule has 0 aliphatic heterocycles. The fraction of sp³-hybridized carbons (Fsp3) is 0.778. The second-order valence-electron chi connectivity index (χ2n) is 11.2. The van der Waals surface area contributed by atoms with E-state index in [2.05, 4.69) is 39.5 Å². The van der Waals surface area contributed by atoms with Crippen molar-refractivity contribution in [2.24, 2.45) is 23.2 Å². The molecule has 0 aromatic carbocycles. The summed E-state index contributed by atoms with van der Waals surface area (Å²) in [6.07, 6.45) is 13.1. The van der Waals surface area contributed by atoms with Gasteiger partial charge in [-0.3, -0.25) is 0 Å². The number of rotatable bonds is 6. The van der Waals surface area contributed by atoms with Crippen LogP contribution in [0.3, 0.4) is 0 Å². The zero-order valence-corrected chi connectivity index (χ0v) is 19.7. The Balaban J connectivity index is 1.78. The quantitative estimate of drug-likeness (QED) is 0.520. The highest BCUT2D eigenvalue weighted by atomic mass is 16.3. The average Bonchev–Trinajstić information content (AvgIpc) is 3.04. The molecule has 0 aromatic rings. The molecule has 170 valence electrons. The highest BCUT2D eigenvalue weighted by molar-refractivity contribution is 5.36. The van der Waals surface area contributed by atoms with Crippen molar-refractivity contribution < 1.29 is 15.3 Å². The molecule has 3 heteroatoms. The lowest BCUT2D eigenvalue weighted by atomic mass is 9.59. The summed E-state index contributed by atoms with van der Waals surface area (Å²) in [5.41, 5.74) is 2.84. The van der Waals surface area contributed by atoms with Crippen molar-refractivity contribution in [1.82, 2.24) is 0 Å². The van der Waals surface area contributed by atoms with Crippen LogP contribution in [0.15, 0.2) is 35.5 Å². The summed E-state index contributed by atoms with van der Waals surface area (Å²) >= 11 is 0. The van der Waals surface area contributed by atoms with E-state index >= 15 is 0 Å². The maximum atomic E-state index is 11.5. The Labute approximate surface area is 184 Å². The van der Waals surface area contributed by atoms with E-state index in [-0.39, 0.29) is 17.4 Å². The Morgan fingerprint density at radius 3 is 2.60 bits per heavy atom. The standard InChI is InChI=1S/C27H44O3/c1-18(2)8-15-25(29)27(5,30)24-14-13-23-20(7-6-16-26(23,24)4)10-11-21-17-22(28)12-9-19(21)3/h10-11,18,22-25,28-30H,3,6-9,12-17H2,1-2,4-5H3/t22-,23?,24-,25?,26-,27+/m0/s1. The number of allylic oxidation sites excluding steroid dienone is 4. The van der Waals surface area contributed by atoms with Gasteiger partial charge in [0.25, 0.3) is 0 Å². The van der Waals surface area contributed by atoms with Crippen molar-refractivity contribution in [1.29, 1.82) is 0 Å². The smallest absolute Gasteiger partial charge is 0.0910 e. The molecular weight excluding hydrogens is 372 g/mol. The minimum Gasteiger partial charge on any atom is -0.393 e. The lowest BCUT2D eigenvalue weighted by molar-refractivity contribution is -0.135. The maximum absolute atomic E-state index is 11.5. The minimum absolute atomic E-state index is 0.0357. The monoisotopic (exact) mass is 416 g/mol. The van der Waals surface area contributed by atoms with Gasteiger partial charge in [-0.1, -0.05) is 50.6 Å². The van der Waals surface area contributed by atoms with Crippen molar-refractivity contribution in [3.63, 3.8) is 0 Å². The van der Waals surface area contributed by atoms with Crippen LogP contribution in [0, 0.1) is 23.2 Å². The van der Waals surface area contributed by atoms with Gasteiger partial charge in [-0.25, -0.2) is 0 Å². The zero-order chi connectivity index (χ0) is 22.1. The number of hydrogen-bond acceptors (Lipinski definition) is 3. The molecule has 30 heavy (non-hydrogen) atoms. The number of aliphatic hydroxyl groups is 3. The maximum Gasteiger partial charge on any atom is 0.0910 e. The predicted octanol–water partition coefficient (Wildman–Crippen LogP) is 5.70. The molecule has 0 saturated heterocycles. The second-order valence-corrected chi connectivity index (χ2v) is 11.2. The van der Waals surface area contributed by atoms with Gasteiger partial charge in [0.15, 0.2) is 0 Å². The molecule has 3 saturated carbocycles. The Bertz CT molecular complexity index is 686. The number of aliphatic hydroxyl groups excluding tert-OH is 2. The molecule has 0 spiro atoms. The highest BCUT2D eigenvalue weighted by Crippen LogP contribution is 2.60. The van der Waals surface area contributed by atoms with E-state index in [9.17, 15) is 15.3 Å². The summed E-state index contributed by atoms with van der Waals surface area (Å²) in [6, 6.07) is 0. The van der Waals surface area contributed by atoms with Crippen molar-refractivity contribution in [2.75, 3.05) is 0 Å². The summed E-state index contributed by atoms with van der Waals surface area (Å²) in [5.74, 6) is 1.13. The fourth-order valence-corrected chi connectivity index (χ4v) is 6.61. The second kappa shape index (κ2) is 9.30. The molecule has 3 fully saturated rings. The predicted molar refractivity (Wildman–Crippen MR) is 124 cm³/mol. The van der Waals surface area contributed by atoms with Crippen LogP contribution >= 0.6 is 0 Å². The van der Waals surface area contributed by atoms with E-state index < -0.39 is 11.7 Å². The summed E-state index contributed by atoms with van der Waals surface area (Å²) in [4.78, 5) is 0. The summed E-state index contributed by atoms with van der Waals surface area (Å²) in [7, 11) is 0. The van der Waals surface area contributed by atoms with Gasteiger partial charge in [-0.05, 0) is 99.9 Å². The first kappa shape index (κ1) is 23.8. The third kappa shape index (κ3) is 4.79. The van der Waals surface area contributed by atoms with Crippen LogP contribution in [0.25, 0.3) is 0 Å². The first-order valence-electron chi connectivity index (χ1n) is 12.2. The third-order valence-corrected chi connectivity index (χ3v) is 8.55. The van der Waals surface area contributed by atoms with Gasteiger partial charge in [0, 0.05) is 0 Å². The van der Waals surface area contributed by atoms with Crippen LogP contribution in [0.1, 0.15) is 91.9 Å². The van der Waals surface area contributed by atoms with Gasteiger partial charge in [0.05, 0.1) is 17.8 Å². The Hall–Kier alpha value is -0.900. The molecule has 0 amide bonds. The van der Waals surface area contributed by atoms with Crippen molar-refractivity contribution in [2.45, 2.75) is 110 Å². The summed E-state index contributed by atoms with van der Waals surface area (Å²) in [6.45, 7) is 12.8. The topological polar surface area (TPSA) is 60.7 Å². The molecule has 0 radical (unpaired) electrons. The molecule has 0 aromatic heterocycles. The number of fused-ring (bicyclic) bond motifs is 1. The van der Waals surface area contributed by atoms with Gasteiger partial charge in [-0.2, -0.15) is 0 Å². The first-order valence-corrected chi connectivity index (χ1v) is 12.2. The van der Waals surface area contributed by atoms with Gasteiger partial charge < -0.3 is 15.3 Å². The normalized spacial score (nSPS) is 38.1. The molecule has 0 heterocycles. The van der Waals surface area contributed by atoms with Crippen molar-refractivity contribution in [3.05, 3.63) is 35.5 Å². The largest absolute Gasteiger partial charge is 0.393 e. The fourth-order valence-electron chi connectivity index (χ4n) is 6.61. The van der Waals surface area contributed by atoms with E-state index in [4.69, 9.17) is 0 Å². The minimum atomic E-state index is -1.04. The van der Waals surface area contributed by atoms with Gasteiger partial charge in [0.2, 0.25) is 0 Å². The molecule has 3 aliphatic carbocycles. The SMILES string of the molecule is C=C1CC[C@H](O)CC1=CC=C1CCC[C@@]2(C)C1CC[C@@H]2[C@@](C)(O)C(O)CCC(C)C. The molecule has 6 atom stereocenters. The van der Waals surface area contributed by atoms with Crippen LogP contribution in [-0.4, -0.2) is 33.1 Å². The van der Waals surface area contributed by atoms with E-state index in [1.165, 1.54) is 11.1 Å². The average molecular weight is 417 g/mol. The third-order valence-electron chi connectivity index (χ3n) is 8.55.